The van der Waals surface area contributed by atoms with Gasteiger partial charge in [0.05, 0.1) is 5.52 Å². The van der Waals surface area contributed by atoms with Gasteiger partial charge in [-0.15, -0.1) is 0 Å². The Kier molecular flexibility index (Phi) is 3.35. The van der Waals surface area contributed by atoms with E-state index in [1.165, 1.54) is 6.07 Å². The number of urea groups is 1. The molecule has 0 saturated carbocycles. The Balaban J connectivity index is 0.00000192. The van der Waals surface area contributed by atoms with Crippen LogP contribution in [0.1, 0.15) is 20.3 Å². The zero-order valence-corrected chi connectivity index (χ0v) is 12.2. The van der Waals surface area contributed by atoms with Gasteiger partial charge >= 0.3 is 6.03 Å². The van der Waals surface area contributed by atoms with Gasteiger partial charge in [-0.1, -0.05) is 0 Å². The van der Waals surface area contributed by atoms with E-state index in [2.05, 4.69) is 5.32 Å². The highest BCUT2D eigenvalue weighted by atomic mass is 19.1. The minimum absolute atomic E-state index is 0. The molecule has 0 aliphatic carbocycles. The average molecular weight is 309 g/mol. The van der Waals surface area contributed by atoms with Crippen molar-refractivity contribution in [2.24, 2.45) is 0 Å². The van der Waals surface area contributed by atoms with Crippen molar-refractivity contribution in [3.05, 3.63) is 29.5 Å². The fourth-order valence-corrected chi connectivity index (χ4v) is 2.85. The average Bonchev–Trinajstić information content (AvgIpc) is 2.77. The third kappa shape index (κ3) is 2.04. The summed E-state index contributed by atoms with van der Waals surface area (Å²) < 4.78 is 31.0. The summed E-state index contributed by atoms with van der Waals surface area (Å²) in [6.07, 6.45) is 1.76. The highest BCUT2D eigenvalue weighted by Gasteiger charge is 2.30. The van der Waals surface area contributed by atoms with E-state index in [4.69, 9.17) is 0 Å². The van der Waals surface area contributed by atoms with Crippen LogP contribution in [0, 0.1) is 18.6 Å². The van der Waals surface area contributed by atoms with Gasteiger partial charge in [0.2, 0.25) is 5.91 Å². The SMILES string of the molecule is CCn1cc(C)c2c(F)c(N3CCC(=O)NC3=O)c(F)cc21.[HH]. The second-order valence-electron chi connectivity index (χ2n) is 5.27. The predicted molar refractivity (Wildman–Crippen MR) is 79.9 cm³/mol. The van der Waals surface area contributed by atoms with Gasteiger partial charge in [0, 0.05) is 38.6 Å². The fraction of sp³-hybridized carbons (Fsp3) is 0.333. The molecule has 0 spiro atoms. The fourth-order valence-electron chi connectivity index (χ4n) is 2.85. The Bertz CT molecular complexity index is 804. The Morgan fingerprint density at radius 1 is 1.36 bits per heavy atom. The molecule has 0 unspecified atom stereocenters. The first-order valence-corrected chi connectivity index (χ1v) is 7.02. The van der Waals surface area contributed by atoms with Gasteiger partial charge in [0.1, 0.15) is 5.69 Å². The third-order valence-electron chi connectivity index (χ3n) is 3.89. The lowest BCUT2D eigenvalue weighted by atomic mass is 10.1. The first-order chi connectivity index (χ1) is 10.4. The maximum atomic E-state index is 14.8. The van der Waals surface area contributed by atoms with Crippen LogP contribution >= 0.6 is 0 Å². The van der Waals surface area contributed by atoms with Crippen molar-refractivity contribution in [3.8, 4) is 0 Å². The predicted octanol–water partition coefficient (Wildman–Crippen LogP) is 2.94. The number of benzene rings is 1. The molecule has 3 rings (SSSR count). The van der Waals surface area contributed by atoms with E-state index in [9.17, 15) is 18.4 Å². The van der Waals surface area contributed by atoms with Gasteiger partial charge in [-0.2, -0.15) is 0 Å². The third-order valence-corrected chi connectivity index (χ3v) is 3.89. The summed E-state index contributed by atoms with van der Waals surface area (Å²) in [5.41, 5.74) is 0.714. The summed E-state index contributed by atoms with van der Waals surface area (Å²) in [5, 5.41) is 2.37. The standard InChI is InChI=1S/C15H15F2N3O2.H2/c1-3-19-7-8(2)12-10(19)6-9(16)14(13(12)17)20-5-4-11(21)18-15(20)22;/h6-7H,3-5H2,1-2H3,(H,18,21,22);1H. The first-order valence-electron chi connectivity index (χ1n) is 7.02. The number of nitrogens with zero attached hydrogens (tertiary/aromatic N) is 2. The van der Waals surface area contributed by atoms with Crippen molar-refractivity contribution < 1.29 is 19.8 Å². The van der Waals surface area contributed by atoms with Crippen LogP contribution in [0.3, 0.4) is 0 Å². The van der Waals surface area contributed by atoms with Crippen LogP contribution in [0.25, 0.3) is 10.9 Å². The first kappa shape index (κ1) is 14.5. The number of hydrogen-bond donors (Lipinski definition) is 1. The molecule has 1 aliphatic heterocycles. The molecule has 0 atom stereocenters. The molecule has 22 heavy (non-hydrogen) atoms. The molecule has 2 heterocycles. The number of rotatable bonds is 2. The molecule has 118 valence electrons. The number of aromatic nitrogens is 1. The molecule has 1 aromatic carbocycles. The number of nitrogens with one attached hydrogen (secondary N) is 1. The summed E-state index contributed by atoms with van der Waals surface area (Å²) in [4.78, 5) is 24.0. The molecule has 2 aromatic rings. The Morgan fingerprint density at radius 2 is 2.09 bits per heavy atom. The molecular weight excluding hydrogens is 292 g/mol. The summed E-state index contributed by atoms with van der Waals surface area (Å²) in [6, 6.07) is 0.425. The maximum absolute atomic E-state index is 14.8. The van der Waals surface area contributed by atoms with Gasteiger partial charge in [-0.05, 0) is 19.4 Å². The number of amides is 3. The van der Waals surface area contributed by atoms with Gasteiger partial charge in [0.15, 0.2) is 11.6 Å². The molecule has 1 aromatic heterocycles. The van der Waals surface area contributed by atoms with Gasteiger partial charge in [-0.25, -0.2) is 13.6 Å². The lowest BCUT2D eigenvalue weighted by Crippen LogP contribution is -2.50. The topological polar surface area (TPSA) is 54.3 Å². The zero-order valence-electron chi connectivity index (χ0n) is 12.2. The molecule has 0 radical (unpaired) electrons. The Labute approximate surface area is 127 Å². The number of halogens is 2. The maximum Gasteiger partial charge on any atom is 0.328 e. The molecule has 1 fully saturated rings. The van der Waals surface area contributed by atoms with Crippen molar-refractivity contribution in [2.75, 3.05) is 11.4 Å². The second kappa shape index (κ2) is 5.08. The van der Waals surface area contributed by atoms with Crippen LogP contribution < -0.4 is 10.2 Å². The molecule has 5 nitrogen and oxygen atoms in total. The Morgan fingerprint density at radius 3 is 2.73 bits per heavy atom. The summed E-state index contributed by atoms with van der Waals surface area (Å²) >= 11 is 0. The van der Waals surface area contributed by atoms with Crippen molar-refractivity contribution in [1.29, 1.82) is 0 Å². The summed E-state index contributed by atoms with van der Waals surface area (Å²) in [6.45, 7) is 4.16. The smallest absolute Gasteiger partial charge is 0.328 e. The van der Waals surface area contributed by atoms with Gasteiger partial charge < -0.3 is 4.57 Å². The molecule has 1 aliphatic rings. The lowest BCUT2D eigenvalue weighted by Gasteiger charge is -2.27. The van der Waals surface area contributed by atoms with E-state index in [-0.39, 0.29) is 14.4 Å². The number of imide groups is 1. The summed E-state index contributed by atoms with van der Waals surface area (Å²) in [7, 11) is 0. The van der Waals surface area contributed by atoms with Crippen LogP contribution in [0.4, 0.5) is 19.3 Å². The number of hydrogen-bond acceptors (Lipinski definition) is 2. The second-order valence-corrected chi connectivity index (χ2v) is 5.27. The molecular formula is C15H17F2N3O2. The van der Waals surface area contributed by atoms with E-state index >= 15 is 0 Å². The normalized spacial score (nSPS) is 15.5. The highest BCUT2D eigenvalue weighted by molar-refractivity contribution is 6.06. The van der Waals surface area contributed by atoms with Crippen molar-refractivity contribution >= 4 is 28.5 Å². The van der Waals surface area contributed by atoms with Crippen molar-refractivity contribution in [1.82, 2.24) is 9.88 Å². The van der Waals surface area contributed by atoms with Crippen LogP contribution in [-0.4, -0.2) is 23.1 Å². The summed E-state index contributed by atoms with van der Waals surface area (Å²) in [5.74, 6) is -2.04. The number of fused-ring (bicyclic) bond motifs is 1. The minimum Gasteiger partial charge on any atom is -0.347 e. The van der Waals surface area contributed by atoms with Crippen LogP contribution in [-0.2, 0) is 11.3 Å². The van der Waals surface area contributed by atoms with E-state index in [1.807, 2.05) is 6.92 Å². The highest BCUT2D eigenvalue weighted by Crippen LogP contribution is 2.34. The largest absolute Gasteiger partial charge is 0.347 e. The van der Waals surface area contributed by atoms with E-state index in [0.29, 0.717) is 23.0 Å². The Hall–Kier alpha value is -2.44. The monoisotopic (exact) mass is 309 g/mol. The van der Waals surface area contributed by atoms with E-state index in [0.717, 1.165) is 4.90 Å². The van der Waals surface area contributed by atoms with Gasteiger partial charge in [-0.3, -0.25) is 15.0 Å². The number of carbonyl (C=O) groups is 2. The molecule has 0 bridgehead atoms. The van der Waals surface area contributed by atoms with Crippen LogP contribution in [0.5, 0.6) is 0 Å². The number of anilines is 1. The molecule has 3 amide bonds. The lowest BCUT2D eigenvalue weighted by molar-refractivity contribution is -0.120. The van der Waals surface area contributed by atoms with Crippen LogP contribution in [0.15, 0.2) is 12.3 Å². The van der Waals surface area contributed by atoms with Crippen molar-refractivity contribution in [3.63, 3.8) is 0 Å². The quantitative estimate of drug-likeness (QED) is 0.927. The molecule has 1 N–H and O–H groups in total. The van der Waals surface area contributed by atoms with E-state index in [1.54, 1.807) is 17.7 Å². The number of aryl methyl sites for hydroxylation is 2. The number of carbonyl (C=O) groups excluding carboxylic acids is 2. The van der Waals surface area contributed by atoms with Crippen LogP contribution in [0.2, 0.25) is 0 Å². The minimum atomic E-state index is -0.817. The van der Waals surface area contributed by atoms with Crippen molar-refractivity contribution in [2.45, 2.75) is 26.8 Å². The zero-order chi connectivity index (χ0) is 16.0. The molecule has 7 heteroatoms. The van der Waals surface area contributed by atoms with Gasteiger partial charge in [0.25, 0.3) is 0 Å². The molecule has 1 saturated heterocycles. The van der Waals surface area contributed by atoms with E-state index < -0.39 is 29.3 Å².